The van der Waals surface area contributed by atoms with Crippen LogP contribution in [0.1, 0.15) is 12.8 Å². The van der Waals surface area contributed by atoms with Crippen LogP contribution in [-0.4, -0.2) is 0 Å². The summed E-state index contributed by atoms with van der Waals surface area (Å²) in [7, 11) is 0. The van der Waals surface area contributed by atoms with Gasteiger partial charge < -0.3 is 0 Å². The van der Waals surface area contributed by atoms with Gasteiger partial charge in [0.05, 0.1) is 0 Å². The van der Waals surface area contributed by atoms with Gasteiger partial charge in [-0.2, -0.15) is 0 Å². The first-order valence-electron chi connectivity index (χ1n) is 5.36. The van der Waals surface area contributed by atoms with E-state index in [-0.39, 0.29) is 5.57 Å². The summed E-state index contributed by atoms with van der Waals surface area (Å²) >= 11 is 0. The van der Waals surface area contributed by atoms with Crippen LogP contribution in [-0.2, 0) is 0 Å². The molecule has 0 N–H and O–H groups in total. The Balaban J connectivity index is 4.44. The first kappa shape index (κ1) is 15.1. The van der Waals surface area contributed by atoms with Gasteiger partial charge in [0, 0.05) is 5.57 Å². The van der Waals surface area contributed by atoms with Crippen LogP contribution in [0.2, 0.25) is 0 Å². The van der Waals surface area contributed by atoms with Crippen LogP contribution in [0, 0.1) is 0 Å². The highest BCUT2D eigenvalue weighted by molar-refractivity contribution is 5.47. The minimum absolute atomic E-state index is 0.262. The zero-order chi connectivity index (χ0) is 13.3. The second-order valence-corrected chi connectivity index (χ2v) is 3.57. The third kappa shape index (κ3) is 6.31. The second-order valence-electron chi connectivity index (χ2n) is 3.57. The summed E-state index contributed by atoms with van der Waals surface area (Å²) in [6, 6.07) is 0. The molecule has 0 rings (SSSR count). The van der Waals surface area contributed by atoms with Gasteiger partial charge in [-0.25, -0.2) is 4.39 Å². The van der Waals surface area contributed by atoms with Crippen molar-refractivity contribution in [3.05, 3.63) is 85.8 Å². The predicted octanol–water partition coefficient (Wildman–Crippen LogP) is 5.22. The second kappa shape index (κ2) is 8.28. The molecule has 0 aliphatic carbocycles. The molecular weight excluding hydrogens is 211 g/mol. The lowest BCUT2D eigenvalue weighted by Gasteiger charge is -2.02. The summed E-state index contributed by atoms with van der Waals surface area (Å²) < 4.78 is 13.3. The van der Waals surface area contributed by atoms with E-state index in [1.54, 1.807) is 6.08 Å². The lowest BCUT2D eigenvalue weighted by Crippen LogP contribution is -1.85. The fraction of sp³-hybridized carbons (Fsp3) is 0.125. The van der Waals surface area contributed by atoms with Crippen LogP contribution in [0.15, 0.2) is 85.8 Å². The maximum atomic E-state index is 13.3. The van der Waals surface area contributed by atoms with E-state index in [0.29, 0.717) is 5.57 Å². The third-order valence-electron chi connectivity index (χ3n) is 2.13. The fourth-order valence-corrected chi connectivity index (χ4v) is 1.05. The van der Waals surface area contributed by atoms with Gasteiger partial charge in [-0.1, -0.05) is 56.2 Å². The molecule has 0 aliphatic rings. The molecule has 17 heavy (non-hydrogen) atoms. The molecule has 0 fully saturated rings. The van der Waals surface area contributed by atoms with Gasteiger partial charge in [0.2, 0.25) is 0 Å². The van der Waals surface area contributed by atoms with Gasteiger partial charge in [0.25, 0.3) is 0 Å². The van der Waals surface area contributed by atoms with Crippen molar-refractivity contribution in [2.45, 2.75) is 12.8 Å². The smallest absolute Gasteiger partial charge is 0.130 e. The molecule has 90 valence electrons. The monoisotopic (exact) mass is 230 g/mol. The molecule has 0 radical (unpaired) electrons. The summed E-state index contributed by atoms with van der Waals surface area (Å²) in [5, 5.41) is 0. The number of rotatable bonds is 8. The van der Waals surface area contributed by atoms with E-state index in [9.17, 15) is 4.39 Å². The van der Waals surface area contributed by atoms with Gasteiger partial charge in [-0.15, -0.1) is 6.58 Å². The number of hydrogen-bond acceptors (Lipinski definition) is 0. The van der Waals surface area contributed by atoms with E-state index >= 15 is 0 Å². The van der Waals surface area contributed by atoms with Crippen molar-refractivity contribution >= 4 is 0 Å². The van der Waals surface area contributed by atoms with Crippen LogP contribution in [0.25, 0.3) is 0 Å². The SMILES string of the molecule is C=C/C=C(/F)C(=C)C(=C)/C=C\C(=C)CCC=C. The van der Waals surface area contributed by atoms with Crippen molar-refractivity contribution in [2.75, 3.05) is 0 Å². The average molecular weight is 230 g/mol. The topological polar surface area (TPSA) is 0 Å². The Hall–Kier alpha value is -1.89. The van der Waals surface area contributed by atoms with Crippen LogP contribution < -0.4 is 0 Å². The van der Waals surface area contributed by atoms with Crippen LogP contribution >= 0.6 is 0 Å². The van der Waals surface area contributed by atoms with Crippen molar-refractivity contribution in [3.63, 3.8) is 0 Å². The standard InChI is InChI=1S/C16H19F/c1-6-8-10-13(3)11-12-14(4)15(5)16(17)9-7-2/h6-7,9,11-12H,1-5,8,10H2/b12-11-,16-9+. The minimum Gasteiger partial charge on any atom is -0.206 e. The molecule has 0 aromatic carbocycles. The van der Waals surface area contributed by atoms with E-state index in [2.05, 4.69) is 32.9 Å². The summed E-state index contributed by atoms with van der Waals surface area (Å²) in [5.41, 5.74) is 1.74. The first-order valence-corrected chi connectivity index (χ1v) is 5.36. The minimum atomic E-state index is -0.425. The Morgan fingerprint density at radius 2 is 1.71 bits per heavy atom. The zero-order valence-electron chi connectivity index (χ0n) is 10.2. The molecule has 0 heterocycles. The normalized spacial score (nSPS) is 11.2. The van der Waals surface area contributed by atoms with Crippen molar-refractivity contribution < 1.29 is 4.39 Å². The van der Waals surface area contributed by atoms with E-state index in [4.69, 9.17) is 0 Å². The lowest BCUT2D eigenvalue weighted by molar-refractivity contribution is 0.656. The van der Waals surface area contributed by atoms with Crippen LogP contribution in [0.5, 0.6) is 0 Å². The Labute approximate surface area is 104 Å². The van der Waals surface area contributed by atoms with Crippen LogP contribution in [0.4, 0.5) is 4.39 Å². The Kier molecular flexibility index (Phi) is 7.36. The van der Waals surface area contributed by atoms with E-state index in [1.807, 2.05) is 12.2 Å². The molecule has 0 saturated heterocycles. The molecular formula is C16H19F. The molecule has 0 aromatic rings. The highest BCUT2D eigenvalue weighted by Crippen LogP contribution is 2.19. The summed E-state index contributed by atoms with van der Waals surface area (Å²) in [6.07, 6.45) is 9.71. The van der Waals surface area contributed by atoms with E-state index in [0.717, 1.165) is 18.4 Å². The van der Waals surface area contributed by atoms with Gasteiger partial charge in [-0.05, 0) is 24.5 Å². The fourth-order valence-electron chi connectivity index (χ4n) is 1.05. The van der Waals surface area contributed by atoms with Gasteiger partial charge >= 0.3 is 0 Å². The summed E-state index contributed by atoms with van der Waals surface area (Å²) in [6.45, 7) is 18.3. The lowest BCUT2D eigenvalue weighted by atomic mass is 10.1. The number of halogens is 1. The maximum Gasteiger partial charge on any atom is 0.130 e. The van der Waals surface area contributed by atoms with Crippen LogP contribution in [0.3, 0.4) is 0 Å². The molecule has 0 bridgehead atoms. The molecule has 0 unspecified atom stereocenters. The van der Waals surface area contributed by atoms with Gasteiger partial charge in [0.1, 0.15) is 5.83 Å². The summed E-state index contributed by atoms with van der Waals surface area (Å²) in [4.78, 5) is 0. The molecule has 0 spiro atoms. The Morgan fingerprint density at radius 1 is 1.06 bits per heavy atom. The maximum absolute atomic E-state index is 13.3. The molecule has 0 amide bonds. The quantitative estimate of drug-likeness (QED) is 0.396. The van der Waals surface area contributed by atoms with Crippen molar-refractivity contribution in [1.82, 2.24) is 0 Å². The Morgan fingerprint density at radius 3 is 2.24 bits per heavy atom. The number of allylic oxidation sites excluding steroid dienone is 9. The Bertz CT molecular complexity index is 392. The molecule has 1 heteroatoms. The molecule has 0 nitrogen and oxygen atoms in total. The zero-order valence-corrected chi connectivity index (χ0v) is 10.2. The first-order chi connectivity index (χ1) is 8.02. The van der Waals surface area contributed by atoms with Crippen molar-refractivity contribution in [3.8, 4) is 0 Å². The molecule has 0 atom stereocenters. The molecule has 0 aromatic heterocycles. The summed E-state index contributed by atoms with van der Waals surface area (Å²) in [5.74, 6) is -0.425. The average Bonchev–Trinajstić information content (AvgIpc) is 2.32. The highest BCUT2D eigenvalue weighted by Gasteiger charge is 2.02. The van der Waals surface area contributed by atoms with Crippen molar-refractivity contribution in [1.29, 1.82) is 0 Å². The predicted molar refractivity (Wildman–Crippen MR) is 75.4 cm³/mol. The largest absolute Gasteiger partial charge is 0.206 e. The highest BCUT2D eigenvalue weighted by atomic mass is 19.1. The third-order valence-corrected chi connectivity index (χ3v) is 2.13. The van der Waals surface area contributed by atoms with Gasteiger partial charge in [0.15, 0.2) is 0 Å². The van der Waals surface area contributed by atoms with E-state index < -0.39 is 5.83 Å². The van der Waals surface area contributed by atoms with Gasteiger partial charge in [-0.3, -0.25) is 0 Å². The van der Waals surface area contributed by atoms with Crippen molar-refractivity contribution in [2.24, 2.45) is 0 Å². The van der Waals surface area contributed by atoms with E-state index in [1.165, 1.54) is 12.2 Å². The number of hydrogen-bond donors (Lipinski definition) is 0. The molecule has 0 saturated carbocycles. The molecule has 0 aliphatic heterocycles.